The highest BCUT2D eigenvalue weighted by atomic mass is 19.4. The molecule has 2 heterocycles. The van der Waals surface area contributed by atoms with Gasteiger partial charge in [-0.25, -0.2) is 14.2 Å². The third-order valence-corrected chi connectivity index (χ3v) is 5.97. The number of piperidine rings is 1. The van der Waals surface area contributed by atoms with Crippen molar-refractivity contribution in [3.63, 3.8) is 0 Å². The van der Waals surface area contributed by atoms with Crippen LogP contribution in [0, 0.1) is 18.7 Å². The van der Waals surface area contributed by atoms with Crippen LogP contribution in [0.1, 0.15) is 31.0 Å². The number of alkyl halides is 3. The first-order valence-electron chi connectivity index (χ1n) is 11.3. The number of urea groups is 1. The Morgan fingerprint density at radius 2 is 1.91 bits per heavy atom. The Kier molecular flexibility index (Phi) is 7.23. The topological polar surface area (TPSA) is 54.5 Å². The minimum atomic E-state index is -4.64. The molecule has 1 fully saturated rings. The van der Waals surface area contributed by atoms with Crippen molar-refractivity contribution in [2.24, 2.45) is 5.92 Å². The number of pyridine rings is 1. The van der Waals surface area contributed by atoms with Crippen molar-refractivity contribution in [3.8, 4) is 11.6 Å². The lowest BCUT2D eigenvalue weighted by Crippen LogP contribution is -2.41. The summed E-state index contributed by atoms with van der Waals surface area (Å²) in [5.41, 5.74) is 0.795. The fourth-order valence-electron chi connectivity index (χ4n) is 4.03. The molecule has 0 saturated carbocycles. The predicted molar refractivity (Wildman–Crippen MR) is 126 cm³/mol. The van der Waals surface area contributed by atoms with Gasteiger partial charge in [-0.15, -0.1) is 0 Å². The van der Waals surface area contributed by atoms with E-state index in [2.05, 4.69) is 10.3 Å². The number of rotatable bonds is 5. The van der Waals surface area contributed by atoms with Gasteiger partial charge in [0.15, 0.2) is 0 Å². The van der Waals surface area contributed by atoms with E-state index in [1.54, 1.807) is 11.1 Å². The lowest BCUT2D eigenvalue weighted by atomic mass is 9.90. The van der Waals surface area contributed by atoms with Gasteiger partial charge in [-0.1, -0.05) is 18.2 Å². The van der Waals surface area contributed by atoms with Crippen LogP contribution >= 0.6 is 0 Å². The van der Waals surface area contributed by atoms with Gasteiger partial charge in [0.2, 0.25) is 5.88 Å². The molecule has 0 bridgehead atoms. The standard InChI is InChI=1S/C26H25F4N3O2.H2/c1-17-5-8-24(31-16-17)35-21-4-2-3-19(14-21)13-18-9-11-33(12-10-18)25(34)32-23-7-6-20(15-22(23)27)26(28,29)30;/h2-8,14-16,18H,9-13H2,1H3,(H,32,34);1H. The molecular weight excluding hydrogens is 462 g/mol. The number of hydrogen-bond acceptors (Lipinski definition) is 3. The Hall–Kier alpha value is -3.62. The molecule has 0 radical (unpaired) electrons. The van der Waals surface area contributed by atoms with Crippen molar-refractivity contribution in [1.29, 1.82) is 0 Å². The number of carbonyl (C=O) groups excluding carboxylic acids is 1. The number of nitrogens with zero attached hydrogens (tertiary/aromatic N) is 2. The first-order valence-corrected chi connectivity index (χ1v) is 11.3. The number of anilines is 1. The van der Waals surface area contributed by atoms with Crippen molar-refractivity contribution in [2.45, 2.75) is 32.4 Å². The molecule has 1 N–H and O–H groups in total. The number of benzene rings is 2. The summed E-state index contributed by atoms with van der Waals surface area (Å²) >= 11 is 0. The van der Waals surface area contributed by atoms with E-state index < -0.39 is 23.6 Å². The van der Waals surface area contributed by atoms with E-state index in [0.717, 1.165) is 42.5 Å². The Morgan fingerprint density at radius 1 is 1.14 bits per heavy atom. The molecule has 4 rings (SSSR count). The van der Waals surface area contributed by atoms with Crippen LogP contribution in [-0.4, -0.2) is 29.0 Å². The molecule has 186 valence electrons. The monoisotopic (exact) mass is 489 g/mol. The molecule has 1 aliphatic rings. The Labute approximate surface area is 202 Å². The van der Waals surface area contributed by atoms with Gasteiger partial charge >= 0.3 is 12.2 Å². The maximum Gasteiger partial charge on any atom is 0.416 e. The van der Waals surface area contributed by atoms with Gasteiger partial charge in [0.25, 0.3) is 0 Å². The van der Waals surface area contributed by atoms with Gasteiger partial charge in [0, 0.05) is 26.8 Å². The largest absolute Gasteiger partial charge is 0.439 e. The van der Waals surface area contributed by atoms with Crippen molar-refractivity contribution < 1.29 is 28.5 Å². The fourth-order valence-corrected chi connectivity index (χ4v) is 4.03. The summed E-state index contributed by atoms with van der Waals surface area (Å²) in [6.45, 7) is 2.91. The number of hydrogen-bond donors (Lipinski definition) is 1. The van der Waals surface area contributed by atoms with Gasteiger partial charge in [0.05, 0.1) is 11.3 Å². The summed E-state index contributed by atoms with van der Waals surface area (Å²) in [6.07, 6.45) is -0.563. The SMILES string of the molecule is Cc1ccc(Oc2cccc(CC3CCN(C(=O)Nc4ccc(C(F)(F)F)cc4F)CC3)c2)nc1.[HH]. The first kappa shape index (κ1) is 24.5. The maximum absolute atomic E-state index is 14.1. The highest BCUT2D eigenvalue weighted by Gasteiger charge is 2.31. The number of amides is 2. The predicted octanol–water partition coefficient (Wildman–Crippen LogP) is 7.07. The first-order chi connectivity index (χ1) is 16.7. The van der Waals surface area contributed by atoms with Crippen molar-refractivity contribution >= 4 is 11.7 Å². The Morgan fingerprint density at radius 3 is 2.57 bits per heavy atom. The maximum atomic E-state index is 14.1. The van der Waals surface area contributed by atoms with Crippen molar-refractivity contribution in [3.05, 3.63) is 83.3 Å². The third kappa shape index (κ3) is 6.49. The number of aryl methyl sites for hydroxylation is 1. The number of carbonyl (C=O) groups is 1. The summed E-state index contributed by atoms with van der Waals surface area (Å²) in [7, 11) is 0. The number of likely N-dealkylation sites (tertiary alicyclic amines) is 1. The molecule has 3 aromatic rings. The quantitative estimate of drug-likeness (QED) is 0.390. The van der Waals surface area contributed by atoms with E-state index >= 15 is 0 Å². The smallest absolute Gasteiger partial charge is 0.416 e. The summed E-state index contributed by atoms with van der Waals surface area (Å²) < 4.78 is 58.0. The average molecular weight is 490 g/mol. The van der Waals surface area contributed by atoms with Crippen LogP contribution in [0.2, 0.25) is 0 Å². The van der Waals surface area contributed by atoms with E-state index in [4.69, 9.17) is 4.74 Å². The second kappa shape index (κ2) is 10.3. The van der Waals surface area contributed by atoms with Crippen LogP contribution in [0.4, 0.5) is 28.0 Å². The molecule has 35 heavy (non-hydrogen) atoms. The number of ether oxygens (including phenoxy) is 1. The highest BCUT2D eigenvalue weighted by molar-refractivity contribution is 5.89. The molecule has 9 heteroatoms. The van der Waals surface area contributed by atoms with Gasteiger partial charge in [-0.3, -0.25) is 0 Å². The average Bonchev–Trinajstić information content (AvgIpc) is 2.82. The molecule has 0 spiro atoms. The molecule has 1 aromatic heterocycles. The molecular formula is C26H27F4N3O2. The zero-order chi connectivity index (χ0) is 25.0. The molecule has 0 aliphatic carbocycles. The minimum absolute atomic E-state index is 0. The second-order valence-corrected chi connectivity index (χ2v) is 8.68. The van der Waals surface area contributed by atoms with Gasteiger partial charge in [-0.05, 0) is 73.6 Å². The summed E-state index contributed by atoms with van der Waals surface area (Å²) in [5.74, 6) is 0.464. The lowest BCUT2D eigenvalue weighted by Gasteiger charge is -2.32. The van der Waals surface area contributed by atoms with E-state index in [9.17, 15) is 22.4 Å². The van der Waals surface area contributed by atoms with Crippen LogP contribution in [-0.2, 0) is 12.6 Å². The third-order valence-electron chi connectivity index (χ3n) is 5.97. The summed E-state index contributed by atoms with van der Waals surface area (Å²) in [5, 5.41) is 2.38. The zero-order valence-electron chi connectivity index (χ0n) is 19.1. The molecule has 0 unspecified atom stereocenters. The summed E-state index contributed by atoms with van der Waals surface area (Å²) in [6, 6.07) is 13.1. The normalized spacial score (nSPS) is 14.6. The lowest BCUT2D eigenvalue weighted by molar-refractivity contribution is -0.137. The van der Waals surface area contributed by atoms with Gasteiger partial charge < -0.3 is 15.0 Å². The van der Waals surface area contributed by atoms with Crippen molar-refractivity contribution in [1.82, 2.24) is 9.88 Å². The Bertz CT molecular complexity index is 1180. The molecule has 0 atom stereocenters. The van der Waals surface area contributed by atoms with Gasteiger partial charge in [-0.2, -0.15) is 13.2 Å². The minimum Gasteiger partial charge on any atom is -0.439 e. The van der Waals surface area contributed by atoms with Gasteiger partial charge in [0.1, 0.15) is 11.6 Å². The molecule has 5 nitrogen and oxygen atoms in total. The van der Waals surface area contributed by atoms with Crippen LogP contribution in [0.3, 0.4) is 0 Å². The van der Waals surface area contributed by atoms with Crippen LogP contribution in [0.25, 0.3) is 0 Å². The molecule has 2 aromatic carbocycles. The zero-order valence-corrected chi connectivity index (χ0v) is 19.1. The van der Waals surface area contributed by atoms with E-state index in [0.29, 0.717) is 36.7 Å². The van der Waals surface area contributed by atoms with Crippen molar-refractivity contribution in [2.75, 3.05) is 18.4 Å². The van der Waals surface area contributed by atoms with Crippen LogP contribution < -0.4 is 10.1 Å². The Balaban J connectivity index is 0.00000361. The fraction of sp³-hybridized carbons (Fsp3) is 0.308. The van der Waals surface area contributed by atoms with Crippen LogP contribution in [0.5, 0.6) is 11.6 Å². The van der Waals surface area contributed by atoms with E-state index in [1.807, 2.05) is 43.3 Å². The van der Waals surface area contributed by atoms with Crippen LogP contribution in [0.15, 0.2) is 60.8 Å². The number of aromatic nitrogens is 1. The number of halogens is 4. The molecule has 1 aliphatic heterocycles. The second-order valence-electron chi connectivity index (χ2n) is 8.68. The number of nitrogens with one attached hydrogen (secondary N) is 1. The molecule has 2 amide bonds. The molecule has 1 saturated heterocycles. The van der Waals surface area contributed by atoms with E-state index in [1.165, 1.54) is 0 Å². The summed E-state index contributed by atoms with van der Waals surface area (Å²) in [4.78, 5) is 18.3. The van der Waals surface area contributed by atoms with E-state index in [-0.39, 0.29) is 7.11 Å². The highest BCUT2D eigenvalue weighted by Crippen LogP contribution is 2.31.